The fourth-order valence-corrected chi connectivity index (χ4v) is 3.43. The molecule has 0 spiro atoms. The van der Waals surface area contributed by atoms with Crippen LogP contribution in [0, 0.1) is 5.92 Å². The van der Waals surface area contributed by atoms with Gasteiger partial charge in [0.15, 0.2) is 0 Å². The summed E-state index contributed by atoms with van der Waals surface area (Å²) in [5.41, 5.74) is 1.65. The first kappa shape index (κ1) is 27.5. The van der Waals surface area contributed by atoms with Gasteiger partial charge < -0.3 is 20.4 Å². The standard InChI is InChI=1S/C25H40N2O5/c1-10-32-23(30)20(26-22(29)19(27-31)11-15(2)3)14-16-12-17(24(4,5)6)21(28)18(13-16)25(7,8)9/h12-13,15,20,28,31H,10-11,14H2,1-9H3,(H,26,29)/t20-/m0/s1. The summed E-state index contributed by atoms with van der Waals surface area (Å²) in [7, 11) is 0. The summed E-state index contributed by atoms with van der Waals surface area (Å²) >= 11 is 0. The highest BCUT2D eigenvalue weighted by Crippen LogP contribution is 2.40. The third kappa shape index (κ3) is 7.53. The summed E-state index contributed by atoms with van der Waals surface area (Å²) in [6.45, 7) is 17.8. The van der Waals surface area contributed by atoms with E-state index in [0.29, 0.717) is 0 Å². The minimum Gasteiger partial charge on any atom is -0.507 e. The normalized spacial score (nSPS) is 13.8. The quantitative estimate of drug-likeness (QED) is 0.236. The molecule has 32 heavy (non-hydrogen) atoms. The van der Waals surface area contributed by atoms with Gasteiger partial charge in [-0.15, -0.1) is 0 Å². The SMILES string of the molecule is CCOC(=O)[C@H](Cc1cc(C(C)(C)C)c(O)c(C(C)(C)C)c1)NC(=O)C(CC(C)C)=NO. The first-order chi connectivity index (χ1) is 14.6. The van der Waals surface area contributed by atoms with E-state index in [0.717, 1.165) is 16.7 Å². The van der Waals surface area contributed by atoms with E-state index >= 15 is 0 Å². The number of phenolic OH excluding ortho intramolecular Hbond substituents is 1. The summed E-state index contributed by atoms with van der Waals surface area (Å²) in [4.78, 5) is 25.3. The number of nitrogens with one attached hydrogen (secondary N) is 1. The van der Waals surface area contributed by atoms with Gasteiger partial charge in [-0.1, -0.05) is 72.7 Å². The predicted molar refractivity (Wildman–Crippen MR) is 126 cm³/mol. The van der Waals surface area contributed by atoms with Crippen molar-refractivity contribution in [3.8, 4) is 5.75 Å². The number of nitrogens with zero attached hydrogens (tertiary/aromatic N) is 1. The van der Waals surface area contributed by atoms with E-state index in [9.17, 15) is 19.9 Å². The molecule has 0 unspecified atom stereocenters. The molecule has 1 aromatic carbocycles. The van der Waals surface area contributed by atoms with Crippen molar-refractivity contribution in [2.75, 3.05) is 6.61 Å². The van der Waals surface area contributed by atoms with Crippen molar-refractivity contribution < 1.29 is 24.6 Å². The molecule has 0 aliphatic rings. The van der Waals surface area contributed by atoms with Crippen LogP contribution in [0.1, 0.15) is 85.4 Å². The van der Waals surface area contributed by atoms with Gasteiger partial charge in [-0.05, 0) is 40.4 Å². The molecule has 1 aromatic rings. The van der Waals surface area contributed by atoms with Crippen molar-refractivity contribution in [1.82, 2.24) is 5.32 Å². The zero-order chi connectivity index (χ0) is 24.9. The van der Waals surface area contributed by atoms with Crippen LogP contribution in [0.15, 0.2) is 17.3 Å². The minimum absolute atomic E-state index is 0.0363. The second-order valence-electron chi connectivity index (χ2n) is 10.7. The highest BCUT2D eigenvalue weighted by Gasteiger charge is 2.30. The van der Waals surface area contributed by atoms with E-state index < -0.39 is 17.9 Å². The molecule has 0 radical (unpaired) electrons. The average molecular weight is 449 g/mol. The highest BCUT2D eigenvalue weighted by molar-refractivity contribution is 6.39. The molecule has 180 valence electrons. The fourth-order valence-electron chi connectivity index (χ4n) is 3.43. The second kappa shape index (κ2) is 10.8. The molecular formula is C25H40N2O5. The Kier molecular flexibility index (Phi) is 9.30. The Morgan fingerprint density at radius 3 is 1.94 bits per heavy atom. The molecule has 0 aliphatic heterocycles. The summed E-state index contributed by atoms with van der Waals surface area (Å²) < 4.78 is 5.18. The van der Waals surface area contributed by atoms with E-state index in [-0.39, 0.29) is 47.7 Å². The molecule has 0 bridgehead atoms. The van der Waals surface area contributed by atoms with Crippen molar-refractivity contribution in [2.45, 2.75) is 92.0 Å². The lowest BCUT2D eigenvalue weighted by Crippen LogP contribution is -2.46. The van der Waals surface area contributed by atoms with E-state index in [1.807, 2.05) is 67.5 Å². The van der Waals surface area contributed by atoms with Gasteiger partial charge in [-0.25, -0.2) is 4.79 Å². The van der Waals surface area contributed by atoms with Gasteiger partial charge in [-0.2, -0.15) is 0 Å². The Hall–Kier alpha value is -2.57. The molecule has 7 nitrogen and oxygen atoms in total. The number of carbonyl (C=O) groups excluding carboxylic acids is 2. The number of amides is 1. The lowest BCUT2D eigenvalue weighted by Gasteiger charge is -2.29. The summed E-state index contributed by atoms with van der Waals surface area (Å²) in [5, 5.41) is 26.0. The third-order valence-electron chi connectivity index (χ3n) is 5.09. The summed E-state index contributed by atoms with van der Waals surface area (Å²) in [6, 6.07) is 2.78. The van der Waals surface area contributed by atoms with Crippen molar-refractivity contribution in [2.24, 2.45) is 11.1 Å². The number of esters is 1. The number of ether oxygens (including phenoxy) is 1. The lowest BCUT2D eigenvalue weighted by molar-refractivity contribution is -0.146. The maximum Gasteiger partial charge on any atom is 0.328 e. The number of hydrogen-bond acceptors (Lipinski definition) is 6. The molecule has 0 aromatic heterocycles. The summed E-state index contributed by atoms with van der Waals surface area (Å²) in [5.74, 6) is -0.818. The Balaban J connectivity index is 3.41. The van der Waals surface area contributed by atoms with Crippen LogP contribution in [0.3, 0.4) is 0 Å². The molecule has 0 aliphatic carbocycles. The molecule has 0 fully saturated rings. The van der Waals surface area contributed by atoms with Gasteiger partial charge >= 0.3 is 5.97 Å². The maximum atomic E-state index is 12.7. The van der Waals surface area contributed by atoms with Gasteiger partial charge in [0, 0.05) is 12.8 Å². The summed E-state index contributed by atoms with van der Waals surface area (Å²) in [6.07, 6.45) is 0.455. The molecule has 0 saturated heterocycles. The monoisotopic (exact) mass is 448 g/mol. The average Bonchev–Trinajstić information content (AvgIpc) is 2.64. The van der Waals surface area contributed by atoms with Gasteiger partial charge in [-0.3, -0.25) is 4.79 Å². The molecule has 1 rings (SSSR count). The Labute approximate surface area is 192 Å². The maximum absolute atomic E-state index is 12.7. The topological polar surface area (TPSA) is 108 Å². The van der Waals surface area contributed by atoms with Crippen LogP contribution in [-0.4, -0.2) is 40.6 Å². The smallest absolute Gasteiger partial charge is 0.328 e. The van der Waals surface area contributed by atoms with Crippen molar-refractivity contribution >= 4 is 17.6 Å². The highest BCUT2D eigenvalue weighted by atomic mass is 16.5. The van der Waals surface area contributed by atoms with Crippen molar-refractivity contribution in [3.63, 3.8) is 0 Å². The number of aromatic hydroxyl groups is 1. The number of rotatable bonds is 8. The fraction of sp³-hybridized carbons (Fsp3) is 0.640. The molecule has 1 atom stereocenters. The lowest BCUT2D eigenvalue weighted by atomic mass is 9.78. The Morgan fingerprint density at radius 2 is 1.56 bits per heavy atom. The van der Waals surface area contributed by atoms with Crippen LogP contribution in [0.2, 0.25) is 0 Å². The third-order valence-corrected chi connectivity index (χ3v) is 5.09. The van der Waals surface area contributed by atoms with E-state index in [4.69, 9.17) is 4.74 Å². The number of benzene rings is 1. The van der Waals surface area contributed by atoms with Gasteiger partial charge in [0.1, 0.15) is 17.5 Å². The van der Waals surface area contributed by atoms with Crippen molar-refractivity contribution in [3.05, 3.63) is 28.8 Å². The van der Waals surface area contributed by atoms with Crippen LogP contribution in [0.25, 0.3) is 0 Å². The molecule has 1 amide bonds. The Bertz CT molecular complexity index is 810. The number of phenols is 1. The zero-order valence-corrected chi connectivity index (χ0v) is 21.0. The number of hydrogen-bond donors (Lipinski definition) is 3. The second-order valence-corrected chi connectivity index (χ2v) is 10.7. The molecule has 0 saturated carbocycles. The molecule has 0 heterocycles. The first-order valence-corrected chi connectivity index (χ1v) is 11.2. The minimum atomic E-state index is -0.962. The first-order valence-electron chi connectivity index (χ1n) is 11.2. The largest absolute Gasteiger partial charge is 0.507 e. The molecule has 3 N–H and O–H groups in total. The van der Waals surface area contributed by atoms with E-state index in [1.54, 1.807) is 6.92 Å². The van der Waals surface area contributed by atoms with Crippen molar-refractivity contribution in [1.29, 1.82) is 0 Å². The van der Waals surface area contributed by atoms with E-state index in [2.05, 4.69) is 10.5 Å². The van der Waals surface area contributed by atoms with Crippen LogP contribution < -0.4 is 5.32 Å². The molecular weight excluding hydrogens is 408 g/mol. The predicted octanol–water partition coefficient (Wildman–Crippen LogP) is 4.45. The molecule has 7 heteroatoms. The van der Waals surface area contributed by atoms with Gasteiger partial charge in [0.2, 0.25) is 0 Å². The Morgan fingerprint density at radius 1 is 1.06 bits per heavy atom. The van der Waals surface area contributed by atoms with Gasteiger partial charge in [0.05, 0.1) is 6.61 Å². The van der Waals surface area contributed by atoms with Gasteiger partial charge in [0.25, 0.3) is 5.91 Å². The van der Waals surface area contributed by atoms with Crippen LogP contribution in [-0.2, 0) is 31.6 Å². The van der Waals surface area contributed by atoms with E-state index in [1.165, 1.54) is 0 Å². The van der Waals surface area contributed by atoms with Crippen LogP contribution in [0.4, 0.5) is 0 Å². The number of oxime groups is 1. The van der Waals surface area contributed by atoms with Crippen LogP contribution in [0.5, 0.6) is 5.75 Å². The zero-order valence-electron chi connectivity index (χ0n) is 21.0. The van der Waals surface area contributed by atoms with Crippen LogP contribution >= 0.6 is 0 Å². The number of carbonyl (C=O) groups is 2.